The summed E-state index contributed by atoms with van der Waals surface area (Å²) in [6.07, 6.45) is 6.41. The molecule has 0 fully saturated rings. The van der Waals surface area contributed by atoms with Crippen molar-refractivity contribution in [2.24, 2.45) is 5.41 Å². The Morgan fingerprint density at radius 2 is 0.603 bits per heavy atom. The Morgan fingerprint density at radius 3 is 0.810 bits per heavy atom. The van der Waals surface area contributed by atoms with Crippen molar-refractivity contribution >= 4 is 11.9 Å². The van der Waals surface area contributed by atoms with E-state index in [0.717, 1.165) is 0 Å². The van der Waals surface area contributed by atoms with E-state index in [-0.39, 0.29) is 90.4 Å². The minimum Gasteiger partial charge on any atom is -0.420 e. The van der Waals surface area contributed by atoms with Crippen molar-refractivity contribution in [3.05, 3.63) is 48.6 Å². The molecule has 16 heteroatoms. The second-order valence-corrected chi connectivity index (χ2v) is 15.1. The van der Waals surface area contributed by atoms with Crippen LogP contribution in [0.15, 0.2) is 48.6 Å². The maximum Gasteiger partial charge on any atom is 0.336 e. The number of rotatable bonds is 30. The van der Waals surface area contributed by atoms with E-state index in [1.54, 1.807) is 81.4 Å². The topological polar surface area (TPSA) is 163 Å². The summed E-state index contributed by atoms with van der Waals surface area (Å²) in [5.41, 5.74) is -5.47. The van der Waals surface area contributed by atoms with Crippen molar-refractivity contribution < 1.29 is 75.9 Å². The predicted octanol–water partition coefficient (Wildman–Crippen LogP) is 7.48. The lowest BCUT2D eigenvalue weighted by Crippen LogP contribution is -2.90. The predicted molar refractivity (Wildman–Crippen MR) is 235 cm³/mol. The summed E-state index contributed by atoms with van der Waals surface area (Å²) in [4.78, 5) is 27.7. The third-order valence-corrected chi connectivity index (χ3v) is 11.1. The van der Waals surface area contributed by atoms with Crippen LogP contribution in [0.25, 0.3) is 0 Å². The smallest absolute Gasteiger partial charge is 0.336 e. The van der Waals surface area contributed by atoms with Crippen LogP contribution in [0.1, 0.15) is 111 Å². The van der Waals surface area contributed by atoms with Crippen molar-refractivity contribution in [3.8, 4) is 0 Å². The molecule has 0 saturated carbocycles. The number of hydrogen-bond acceptors (Lipinski definition) is 16. The third-order valence-electron chi connectivity index (χ3n) is 11.1. The van der Waals surface area contributed by atoms with Crippen LogP contribution in [-0.4, -0.2) is 137 Å². The van der Waals surface area contributed by atoms with E-state index in [2.05, 4.69) is 13.2 Å². The van der Waals surface area contributed by atoms with Gasteiger partial charge in [0.25, 0.3) is 34.7 Å². The summed E-state index contributed by atoms with van der Waals surface area (Å²) in [6.45, 7) is 35.5. The average molecular weight is 901 g/mol. The SMILES string of the molecule is C=C(C)C(=O)OC1(OCC)C=CC(OCC)(C(C)(C)C2(OCC)C=CC(OCC)(OC(=O)C(=C)C)C(OCC)(OCC)C2(OCC)OCC)C(OCC)(OCC)C1(OCC)OCC. The second kappa shape index (κ2) is 23.2. The summed E-state index contributed by atoms with van der Waals surface area (Å²) >= 11 is 0. The lowest BCUT2D eigenvalue weighted by Gasteiger charge is -2.71. The highest BCUT2D eigenvalue weighted by molar-refractivity contribution is 5.88. The Hall–Kier alpha value is -2.58. The van der Waals surface area contributed by atoms with Crippen LogP contribution < -0.4 is 0 Å². The van der Waals surface area contributed by atoms with Gasteiger partial charge in [-0.25, -0.2) is 9.59 Å². The molecule has 2 rings (SSSR count). The van der Waals surface area contributed by atoms with Crippen LogP contribution in [0.4, 0.5) is 0 Å². The molecule has 63 heavy (non-hydrogen) atoms. The van der Waals surface area contributed by atoms with E-state index in [1.165, 1.54) is 26.0 Å². The molecule has 0 aromatic rings. The van der Waals surface area contributed by atoms with Crippen molar-refractivity contribution in [2.45, 2.75) is 157 Å². The number of esters is 2. The molecule has 0 N–H and O–H groups in total. The summed E-state index contributed by atoms with van der Waals surface area (Å²) in [5.74, 6) is -15.3. The van der Waals surface area contributed by atoms with Crippen LogP contribution in [0.3, 0.4) is 0 Å². The molecule has 0 aliphatic heterocycles. The lowest BCUT2D eigenvalue weighted by atomic mass is 9.51. The first-order valence-corrected chi connectivity index (χ1v) is 22.7. The van der Waals surface area contributed by atoms with E-state index in [1.807, 2.05) is 27.7 Å². The Bertz CT molecular complexity index is 1440. The minimum absolute atomic E-state index is 0.00608. The third kappa shape index (κ3) is 8.77. The van der Waals surface area contributed by atoms with Gasteiger partial charge in [-0.2, -0.15) is 0 Å². The first-order chi connectivity index (χ1) is 29.8. The van der Waals surface area contributed by atoms with Gasteiger partial charge in [-0.3, -0.25) is 0 Å². The van der Waals surface area contributed by atoms with Crippen LogP contribution in [-0.2, 0) is 75.9 Å². The first kappa shape index (κ1) is 56.5. The fourth-order valence-electron chi connectivity index (χ4n) is 9.27. The molecule has 4 unspecified atom stereocenters. The first-order valence-electron chi connectivity index (χ1n) is 22.7. The molecule has 4 atom stereocenters. The highest BCUT2D eigenvalue weighted by Crippen LogP contribution is 2.68. The Balaban J connectivity index is 3.76. The van der Waals surface area contributed by atoms with Crippen molar-refractivity contribution in [2.75, 3.05) is 79.3 Å². The van der Waals surface area contributed by atoms with E-state index in [4.69, 9.17) is 66.3 Å². The molecule has 0 bridgehead atoms. The van der Waals surface area contributed by atoms with Gasteiger partial charge in [-0.1, -0.05) is 27.0 Å². The van der Waals surface area contributed by atoms with E-state index in [0.29, 0.717) is 0 Å². The minimum atomic E-state index is -2.33. The van der Waals surface area contributed by atoms with Crippen molar-refractivity contribution in [1.29, 1.82) is 0 Å². The molecule has 0 aromatic carbocycles. The summed E-state index contributed by atoms with van der Waals surface area (Å²) in [7, 11) is 0. The van der Waals surface area contributed by atoms with Gasteiger partial charge in [-0.15, -0.1) is 0 Å². The lowest BCUT2D eigenvalue weighted by molar-refractivity contribution is -0.537. The molecule has 0 radical (unpaired) electrons. The van der Waals surface area contributed by atoms with Crippen LogP contribution >= 0.6 is 0 Å². The van der Waals surface area contributed by atoms with Gasteiger partial charge in [0.05, 0.1) is 0 Å². The molecule has 0 saturated heterocycles. The molecule has 16 nitrogen and oxygen atoms in total. The normalized spacial score (nSPS) is 26.9. The van der Waals surface area contributed by atoms with Crippen molar-refractivity contribution in [1.82, 2.24) is 0 Å². The molecule has 0 spiro atoms. The highest BCUT2D eigenvalue weighted by atomic mass is 16.9. The van der Waals surface area contributed by atoms with Gasteiger partial charge in [0.2, 0.25) is 0 Å². The second-order valence-electron chi connectivity index (χ2n) is 15.1. The van der Waals surface area contributed by atoms with Gasteiger partial charge in [0, 0.05) is 95.8 Å². The fraction of sp³-hybridized carbons (Fsp3) is 0.787. The number of ether oxygens (including phenoxy) is 14. The standard InChI is InChI=1S/C47H80O16/c1-19-50-40(31-33-42(52-21-3,62-37(48)35(13)14)46(58-27-9,59-28-10)44(40,54-23-5)55-24-6)39(17,18)41(51-20-2)32-34-43(53-22-4,63-38(49)36(15)16)47(60-29-11,61-30-12)45(41,56-25-7)57-26-8/h31-34H,13,15,19-30H2,1-12,14,16-18H3. The number of hydrogen-bond donors (Lipinski definition) is 0. The molecule has 0 heterocycles. The molecule has 2 aliphatic rings. The van der Waals surface area contributed by atoms with Gasteiger partial charge < -0.3 is 66.3 Å². The fourth-order valence-corrected chi connectivity index (χ4v) is 9.27. The Morgan fingerprint density at radius 1 is 0.381 bits per heavy atom. The average Bonchev–Trinajstić information content (AvgIpc) is 3.22. The Labute approximate surface area is 377 Å². The van der Waals surface area contributed by atoms with Gasteiger partial charge in [-0.05, 0) is 121 Å². The zero-order valence-electron chi connectivity index (χ0n) is 41.2. The zero-order chi connectivity index (χ0) is 48.0. The van der Waals surface area contributed by atoms with Crippen LogP contribution in [0, 0.1) is 5.41 Å². The quantitative estimate of drug-likeness (QED) is 0.0301. The molecular weight excluding hydrogens is 821 g/mol. The molecule has 0 amide bonds. The van der Waals surface area contributed by atoms with E-state index in [9.17, 15) is 9.59 Å². The van der Waals surface area contributed by atoms with E-state index < -0.39 is 63.3 Å². The molecule has 364 valence electrons. The number of carbonyl (C=O) groups excluding carboxylic acids is 2. The van der Waals surface area contributed by atoms with Crippen molar-refractivity contribution in [3.63, 3.8) is 0 Å². The zero-order valence-corrected chi connectivity index (χ0v) is 41.2. The maximum atomic E-state index is 13.8. The summed E-state index contributed by atoms with van der Waals surface area (Å²) in [5, 5.41) is 0. The van der Waals surface area contributed by atoms with Gasteiger partial charge in [0.15, 0.2) is 11.2 Å². The number of carbonyl (C=O) groups is 2. The Kier molecular flexibility index (Phi) is 20.9. The maximum absolute atomic E-state index is 13.8. The molecule has 2 aliphatic carbocycles. The van der Waals surface area contributed by atoms with Gasteiger partial charge >= 0.3 is 11.9 Å². The van der Waals surface area contributed by atoms with Crippen LogP contribution in [0.5, 0.6) is 0 Å². The summed E-state index contributed by atoms with van der Waals surface area (Å²) < 4.78 is 96.0. The van der Waals surface area contributed by atoms with E-state index >= 15 is 0 Å². The van der Waals surface area contributed by atoms with Gasteiger partial charge in [0.1, 0.15) is 0 Å². The highest BCUT2D eigenvalue weighted by Gasteiger charge is 2.90. The largest absolute Gasteiger partial charge is 0.420 e. The molecular formula is C47H80O16. The summed E-state index contributed by atoms with van der Waals surface area (Å²) in [6, 6.07) is 0. The monoisotopic (exact) mass is 901 g/mol. The molecule has 0 aromatic heterocycles. The van der Waals surface area contributed by atoms with Crippen LogP contribution in [0.2, 0.25) is 0 Å².